The molecule has 4 N–H and O–H groups in total. The summed E-state index contributed by atoms with van der Waals surface area (Å²) in [7, 11) is 0. The third-order valence-corrected chi connectivity index (χ3v) is 3.06. The number of carbonyl (C=O) groups is 2. The van der Waals surface area contributed by atoms with E-state index in [2.05, 4.69) is 5.32 Å². The summed E-state index contributed by atoms with van der Waals surface area (Å²) in [5.74, 6) is -1.30. The number of anilines is 1. The lowest BCUT2D eigenvalue weighted by atomic mass is 10.0. The summed E-state index contributed by atoms with van der Waals surface area (Å²) in [6.45, 7) is 0. The zero-order valence-corrected chi connectivity index (χ0v) is 11.3. The number of hydrogen-bond donors (Lipinski definition) is 3. The lowest BCUT2D eigenvalue weighted by Crippen LogP contribution is -2.30. The van der Waals surface area contributed by atoms with Crippen molar-refractivity contribution in [3.8, 4) is 0 Å². The lowest BCUT2D eigenvalue weighted by molar-refractivity contribution is -0.137. The van der Waals surface area contributed by atoms with Gasteiger partial charge in [0.15, 0.2) is 0 Å². The number of nitrogens with two attached hydrogens (primary N) is 1. The van der Waals surface area contributed by atoms with Crippen LogP contribution in [0.5, 0.6) is 0 Å². The number of carboxylic acids is 1. The van der Waals surface area contributed by atoms with Gasteiger partial charge in [-0.05, 0) is 29.8 Å². The van der Waals surface area contributed by atoms with Crippen molar-refractivity contribution < 1.29 is 14.7 Å². The van der Waals surface area contributed by atoms with Gasteiger partial charge in [-0.3, -0.25) is 9.59 Å². The van der Waals surface area contributed by atoms with Gasteiger partial charge in [0.2, 0.25) is 0 Å². The van der Waals surface area contributed by atoms with Crippen LogP contribution in [-0.4, -0.2) is 17.0 Å². The van der Waals surface area contributed by atoms with Gasteiger partial charge in [0.25, 0.3) is 5.91 Å². The van der Waals surface area contributed by atoms with Crippen LogP contribution in [0, 0.1) is 0 Å². The van der Waals surface area contributed by atoms with Crippen LogP contribution in [0.1, 0.15) is 28.4 Å². The Morgan fingerprint density at radius 1 is 1.05 bits per heavy atom. The first-order valence-electron chi connectivity index (χ1n) is 6.49. The van der Waals surface area contributed by atoms with E-state index in [1.807, 2.05) is 6.07 Å². The van der Waals surface area contributed by atoms with Crippen LogP contribution in [0.25, 0.3) is 0 Å². The predicted molar refractivity (Wildman–Crippen MR) is 79.8 cm³/mol. The van der Waals surface area contributed by atoms with Crippen molar-refractivity contribution in [2.24, 2.45) is 0 Å². The summed E-state index contributed by atoms with van der Waals surface area (Å²) in [6, 6.07) is 14.9. The minimum atomic E-state index is -0.971. The van der Waals surface area contributed by atoms with E-state index in [-0.39, 0.29) is 12.3 Å². The fourth-order valence-electron chi connectivity index (χ4n) is 1.99. The molecule has 21 heavy (non-hydrogen) atoms. The Balaban J connectivity index is 2.17. The second-order valence-corrected chi connectivity index (χ2v) is 4.66. The van der Waals surface area contributed by atoms with E-state index in [1.54, 1.807) is 48.5 Å². The maximum absolute atomic E-state index is 12.2. The molecule has 2 rings (SSSR count). The van der Waals surface area contributed by atoms with E-state index in [0.717, 1.165) is 5.56 Å². The molecule has 0 heterocycles. The molecular formula is C16H16N2O3. The number of nitrogens with one attached hydrogen (secondary N) is 1. The highest BCUT2D eigenvalue weighted by Gasteiger charge is 2.18. The van der Waals surface area contributed by atoms with Crippen LogP contribution >= 0.6 is 0 Å². The molecule has 0 saturated heterocycles. The van der Waals surface area contributed by atoms with Crippen LogP contribution in [-0.2, 0) is 4.79 Å². The minimum absolute atomic E-state index is 0.176. The molecular weight excluding hydrogens is 268 g/mol. The third-order valence-electron chi connectivity index (χ3n) is 3.06. The number of rotatable bonds is 5. The molecule has 0 bridgehead atoms. The first kappa shape index (κ1) is 14.6. The average Bonchev–Trinajstić information content (AvgIpc) is 2.47. The van der Waals surface area contributed by atoms with Crippen LogP contribution in [0.4, 0.5) is 5.69 Å². The third kappa shape index (κ3) is 4.07. The van der Waals surface area contributed by atoms with E-state index in [1.165, 1.54) is 0 Å². The zero-order chi connectivity index (χ0) is 15.2. The van der Waals surface area contributed by atoms with Gasteiger partial charge in [-0.1, -0.05) is 30.3 Å². The van der Waals surface area contributed by atoms with Crippen molar-refractivity contribution in [2.45, 2.75) is 12.5 Å². The summed E-state index contributed by atoms with van der Waals surface area (Å²) < 4.78 is 0. The molecule has 0 aliphatic rings. The number of amides is 1. The number of carbonyl (C=O) groups excluding carboxylic acids is 1. The Bertz CT molecular complexity index is 624. The van der Waals surface area contributed by atoms with Gasteiger partial charge in [-0.2, -0.15) is 0 Å². The van der Waals surface area contributed by atoms with Gasteiger partial charge in [0.1, 0.15) is 0 Å². The van der Waals surface area contributed by atoms with Crippen molar-refractivity contribution in [3.63, 3.8) is 0 Å². The summed E-state index contributed by atoms with van der Waals surface area (Å²) in [6.07, 6.45) is -0.176. The van der Waals surface area contributed by atoms with Gasteiger partial charge in [0, 0.05) is 11.3 Å². The summed E-state index contributed by atoms with van der Waals surface area (Å²) in [4.78, 5) is 23.2. The molecule has 5 heteroatoms. The quantitative estimate of drug-likeness (QED) is 0.734. The predicted octanol–water partition coefficient (Wildman–Crippen LogP) is 2.21. The zero-order valence-electron chi connectivity index (χ0n) is 11.3. The van der Waals surface area contributed by atoms with Crippen LogP contribution < -0.4 is 11.1 Å². The number of hydrogen-bond acceptors (Lipinski definition) is 3. The number of nitrogen functional groups attached to an aromatic ring is 1. The Kier molecular flexibility index (Phi) is 4.56. The lowest BCUT2D eigenvalue weighted by Gasteiger charge is -2.17. The molecule has 0 radical (unpaired) electrons. The van der Waals surface area contributed by atoms with Gasteiger partial charge < -0.3 is 16.2 Å². The normalized spacial score (nSPS) is 11.6. The monoisotopic (exact) mass is 284 g/mol. The molecule has 0 aliphatic heterocycles. The van der Waals surface area contributed by atoms with Crippen LogP contribution in [0.3, 0.4) is 0 Å². The average molecular weight is 284 g/mol. The minimum Gasteiger partial charge on any atom is -0.481 e. The van der Waals surface area contributed by atoms with E-state index in [4.69, 9.17) is 10.8 Å². The van der Waals surface area contributed by atoms with Gasteiger partial charge in [-0.15, -0.1) is 0 Å². The van der Waals surface area contributed by atoms with Crippen molar-refractivity contribution in [1.29, 1.82) is 0 Å². The molecule has 0 aliphatic carbocycles. The molecule has 1 amide bonds. The molecule has 2 aromatic carbocycles. The van der Waals surface area contributed by atoms with Crippen LogP contribution in [0.15, 0.2) is 54.6 Å². The van der Waals surface area contributed by atoms with E-state index >= 15 is 0 Å². The first-order valence-corrected chi connectivity index (χ1v) is 6.49. The SMILES string of the molecule is Nc1ccc(C(=O)NC(CC(=O)O)c2ccccc2)cc1. The first-order chi connectivity index (χ1) is 10.1. The molecule has 1 atom stereocenters. The summed E-state index contributed by atoms with van der Waals surface area (Å²) >= 11 is 0. The Morgan fingerprint density at radius 2 is 1.67 bits per heavy atom. The molecule has 1 unspecified atom stereocenters. The van der Waals surface area contributed by atoms with Crippen LogP contribution in [0.2, 0.25) is 0 Å². The standard InChI is InChI=1S/C16H16N2O3/c17-13-8-6-12(7-9-13)16(21)18-14(10-15(19)20)11-4-2-1-3-5-11/h1-9,14H,10,17H2,(H,18,21)(H,19,20). The van der Waals surface area contributed by atoms with Crippen molar-refractivity contribution >= 4 is 17.6 Å². The number of benzene rings is 2. The molecule has 0 aromatic heterocycles. The highest BCUT2D eigenvalue weighted by Crippen LogP contribution is 2.17. The highest BCUT2D eigenvalue weighted by atomic mass is 16.4. The van der Waals surface area contributed by atoms with E-state index in [9.17, 15) is 9.59 Å². The summed E-state index contributed by atoms with van der Waals surface area (Å²) in [5.41, 5.74) is 7.34. The molecule has 2 aromatic rings. The van der Waals surface area contributed by atoms with Gasteiger partial charge >= 0.3 is 5.97 Å². The maximum Gasteiger partial charge on any atom is 0.305 e. The van der Waals surface area contributed by atoms with E-state index in [0.29, 0.717) is 11.3 Å². The topological polar surface area (TPSA) is 92.4 Å². The second-order valence-electron chi connectivity index (χ2n) is 4.66. The maximum atomic E-state index is 12.2. The van der Waals surface area contributed by atoms with Gasteiger partial charge in [-0.25, -0.2) is 0 Å². The Hall–Kier alpha value is -2.82. The number of aliphatic carboxylic acids is 1. The van der Waals surface area contributed by atoms with E-state index < -0.39 is 12.0 Å². The molecule has 5 nitrogen and oxygen atoms in total. The van der Waals surface area contributed by atoms with Gasteiger partial charge in [0.05, 0.1) is 12.5 Å². The van der Waals surface area contributed by atoms with Crippen molar-refractivity contribution in [3.05, 3.63) is 65.7 Å². The van der Waals surface area contributed by atoms with Crippen molar-refractivity contribution in [2.75, 3.05) is 5.73 Å². The Morgan fingerprint density at radius 3 is 2.24 bits per heavy atom. The Labute approximate surface area is 122 Å². The van der Waals surface area contributed by atoms with Crippen molar-refractivity contribution in [1.82, 2.24) is 5.32 Å². The summed E-state index contributed by atoms with van der Waals surface area (Å²) in [5, 5.41) is 11.7. The molecule has 108 valence electrons. The molecule has 0 saturated carbocycles. The highest BCUT2D eigenvalue weighted by molar-refractivity contribution is 5.95. The number of carboxylic acid groups (broad SMARTS) is 1. The second kappa shape index (κ2) is 6.56. The fraction of sp³-hybridized carbons (Fsp3) is 0.125. The smallest absolute Gasteiger partial charge is 0.305 e. The molecule has 0 fully saturated rings. The fourth-order valence-corrected chi connectivity index (χ4v) is 1.99. The molecule has 0 spiro atoms. The largest absolute Gasteiger partial charge is 0.481 e.